The van der Waals surface area contributed by atoms with Gasteiger partial charge in [-0.1, -0.05) is 30.3 Å². The van der Waals surface area contributed by atoms with Crippen molar-refractivity contribution in [2.24, 2.45) is 5.92 Å². The Morgan fingerprint density at radius 1 is 1.17 bits per heavy atom. The Bertz CT molecular complexity index is 595. The third kappa shape index (κ3) is 1.68. The molecule has 0 N–H and O–H groups in total. The number of carbonyl (C=O) groups is 2. The second kappa shape index (κ2) is 4.26. The molecule has 1 atom stereocenters. The maximum atomic E-state index is 12.3. The van der Waals surface area contributed by atoms with Crippen LogP contribution in [-0.2, 0) is 6.42 Å². The van der Waals surface area contributed by atoms with Gasteiger partial charge in [0.2, 0.25) is 0 Å². The van der Waals surface area contributed by atoms with Crippen LogP contribution in [0.5, 0.6) is 0 Å². The highest BCUT2D eigenvalue weighted by atomic mass is 16.3. The summed E-state index contributed by atoms with van der Waals surface area (Å²) in [5.74, 6) is -0.0547. The lowest BCUT2D eigenvalue weighted by Crippen LogP contribution is -2.28. The van der Waals surface area contributed by atoms with Crippen molar-refractivity contribution in [2.75, 3.05) is 0 Å². The van der Waals surface area contributed by atoms with Crippen LogP contribution in [0.15, 0.2) is 47.1 Å². The third-order valence-electron chi connectivity index (χ3n) is 3.36. The summed E-state index contributed by atoms with van der Waals surface area (Å²) in [5, 5.41) is 0. The third-order valence-corrected chi connectivity index (χ3v) is 3.36. The van der Waals surface area contributed by atoms with Gasteiger partial charge >= 0.3 is 0 Å². The molecule has 0 unspecified atom stereocenters. The summed E-state index contributed by atoms with van der Waals surface area (Å²) < 4.78 is 5.23. The van der Waals surface area contributed by atoms with Gasteiger partial charge in [-0.15, -0.1) is 0 Å². The molecule has 1 aliphatic carbocycles. The Morgan fingerprint density at radius 2 is 1.94 bits per heavy atom. The smallest absolute Gasteiger partial charge is 0.177 e. The number of Topliss-reactive ketones (excluding diaryl/α,β-unsaturated/α-hetero) is 2. The van der Waals surface area contributed by atoms with E-state index in [-0.39, 0.29) is 11.6 Å². The van der Waals surface area contributed by atoms with Gasteiger partial charge in [0.15, 0.2) is 11.6 Å². The van der Waals surface area contributed by atoms with Crippen LogP contribution in [0.1, 0.15) is 32.9 Å². The molecule has 1 aromatic carbocycles. The SMILES string of the molecule is O=C(c1ccccc1)[C@H]1CCc2occc2C1=O. The summed E-state index contributed by atoms with van der Waals surface area (Å²) in [6, 6.07) is 10.6. The molecule has 0 radical (unpaired) electrons. The van der Waals surface area contributed by atoms with Gasteiger partial charge in [-0.25, -0.2) is 0 Å². The van der Waals surface area contributed by atoms with Gasteiger partial charge in [0.1, 0.15) is 5.76 Å². The number of fused-ring (bicyclic) bond motifs is 1. The Morgan fingerprint density at radius 3 is 2.72 bits per heavy atom. The van der Waals surface area contributed by atoms with E-state index in [2.05, 4.69) is 0 Å². The number of carbonyl (C=O) groups excluding carboxylic acids is 2. The van der Waals surface area contributed by atoms with E-state index in [4.69, 9.17) is 4.42 Å². The lowest BCUT2D eigenvalue weighted by atomic mass is 9.82. The minimum Gasteiger partial charge on any atom is -0.469 e. The second-order valence-electron chi connectivity index (χ2n) is 4.44. The molecule has 18 heavy (non-hydrogen) atoms. The first-order chi connectivity index (χ1) is 8.77. The fraction of sp³-hybridized carbons (Fsp3) is 0.200. The van der Waals surface area contributed by atoms with E-state index in [1.807, 2.05) is 18.2 Å². The van der Waals surface area contributed by atoms with Crippen LogP contribution in [0.3, 0.4) is 0 Å². The van der Waals surface area contributed by atoms with Crippen molar-refractivity contribution in [3.8, 4) is 0 Å². The average molecular weight is 240 g/mol. The van der Waals surface area contributed by atoms with Crippen molar-refractivity contribution in [2.45, 2.75) is 12.8 Å². The molecule has 0 saturated heterocycles. The molecule has 1 heterocycles. The van der Waals surface area contributed by atoms with Crippen LogP contribution >= 0.6 is 0 Å². The van der Waals surface area contributed by atoms with Gasteiger partial charge in [0.25, 0.3) is 0 Å². The molecule has 0 fully saturated rings. The first-order valence-electron chi connectivity index (χ1n) is 5.97. The highest BCUT2D eigenvalue weighted by Gasteiger charge is 2.34. The molecular weight excluding hydrogens is 228 g/mol. The molecule has 3 rings (SSSR count). The molecule has 0 bridgehead atoms. The largest absolute Gasteiger partial charge is 0.469 e. The molecule has 0 spiro atoms. The standard InChI is InChI=1S/C15H12O3/c16-14(10-4-2-1-3-5-10)12-6-7-13-11(15(12)17)8-9-18-13/h1-5,8-9,12H,6-7H2/t12-/m1/s1. The Kier molecular flexibility index (Phi) is 2.59. The fourth-order valence-electron chi connectivity index (χ4n) is 2.40. The first kappa shape index (κ1) is 11.0. The highest BCUT2D eigenvalue weighted by molar-refractivity contribution is 6.16. The molecule has 0 amide bonds. The van der Waals surface area contributed by atoms with Gasteiger partial charge in [-0.2, -0.15) is 0 Å². The van der Waals surface area contributed by atoms with Gasteiger partial charge in [-0.05, 0) is 12.5 Å². The molecule has 2 aromatic rings. The molecule has 0 aliphatic heterocycles. The maximum absolute atomic E-state index is 12.3. The lowest BCUT2D eigenvalue weighted by molar-refractivity contribution is 0.0787. The van der Waals surface area contributed by atoms with Gasteiger partial charge in [0.05, 0.1) is 17.7 Å². The minimum absolute atomic E-state index is 0.0903. The van der Waals surface area contributed by atoms with Crippen LogP contribution in [-0.4, -0.2) is 11.6 Å². The normalized spacial score (nSPS) is 18.4. The van der Waals surface area contributed by atoms with Crippen molar-refractivity contribution in [1.29, 1.82) is 0 Å². The summed E-state index contributed by atoms with van der Waals surface area (Å²) in [7, 11) is 0. The molecule has 1 aliphatic rings. The number of benzene rings is 1. The minimum atomic E-state index is -0.558. The van der Waals surface area contributed by atoms with E-state index in [9.17, 15) is 9.59 Å². The topological polar surface area (TPSA) is 47.3 Å². The van der Waals surface area contributed by atoms with E-state index in [1.165, 1.54) is 6.26 Å². The number of hydrogen-bond acceptors (Lipinski definition) is 3. The van der Waals surface area contributed by atoms with Crippen molar-refractivity contribution in [1.82, 2.24) is 0 Å². The molecule has 3 heteroatoms. The highest BCUT2D eigenvalue weighted by Crippen LogP contribution is 2.28. The number of rotatable bonds is 2. The predicted octanol–water partition coefficient (Wildman–Crippen LogP) is 2.91. The zero-order valence-corrected chi connectivity index (χ0v) is 9.76. The Balaban J connectivity index is 1.92. The van der Waals surface area contributed by atoms with Gasteiger partial charge in [-0.3, -0.25) is 9.59 Å². The van der Waals surface area contributed by atoms with Crippen LogP contribution in [0.4, 0.5) is 0 Å². The van der Waals surface area contributed by atoms with Crippen LogP contribution in [0.2, 0.25) is 0 Å². The van der Waals surface area contributed by atoms with Crippen LogP contribution < -0.4 is 0 Å². The summed E-state index contributed by atoms with van der Waals surface area (Å²) in [6.45, 7) is 0. The molecular formula is C15H12O3. The number of ketones is 2. The van der Waals surface area contributed by atoms with Crippen molar-refractivity contribution < 1.29 is 14.0 Å². The monoisotopic (exact) mass is 240 g/mol. The van der Waals surface area contributed by atoms with Crippen molar-refractivity contribution in [3.63, 3.8) is 0 Å². The van der Waals surface area contributed by atoms with Crippen LogP contribution in [0, 0.1) is 5.92 Å². The van der Waals surface area contributed by atoms with Crippen LogP contribution in [0.25, 0.3) is 0 Å². The predicted molar refractivity (Wildman–Crippen MR) is 65.6 cm³/mol. The van der Waals surface area contributed by atoms with E-state index in [0.717, 1.165) is 0 Å². The average Bonchev–Trinajstić information content (AvgIpc) is 2.89. The van der Waals surface area contributed by atoms with Gasteiger partial charge in [0, 0.05) is 12.0 Å². The summed E-state index contributed by atoms with van der Waals surface area (Å²) in [4.78, 5) is 24.5. The fourth-order valence-corrected chi connectivity index (χ4v) is 2.40. The number of furan rings is 1. The molecule has 1 aromatic heterocycles. The Hall–Kier alpha value is -2.16. The van der Waals surface area contributed by atoms with Crippen molar-refractivity contribution >= 4 is 11.6 Å². The number of aryl methyl sites for hydroxylation is 1. The number of hydrogen-bond donors (Lipinski definition) is 0. The molecule has 3 nitrogen and oxygen atoms in total. The summed E-state index contributed by atoms with van der Waals surface area (Å²) in [6.07, 6.45) is 2.70. The maximum Gasteiger partial charge on any atom is 0.177 e. The molecule has 0 saturated carbocycles. The van der Waals surface area contributed by atoms with E-state index in [1.54, 1.807) is 18.2 Å². The zero-order chi connectivity index (χ0) is 12.5. The van der Waals surface area contributed by atoms with Crippen molar-refractivity contribution in [3.05, 3.63) is 59.5 Å². The summed E-state index contributed by atoms with van der Waals surface area (Å²) in [5.41, 5.74) is 1.17. The van der Waals surface area contributed by atoms with Gasteiger partial charge < -0.3 is 4.42 Å². The molecule has 90 valence electrons. The Labute approximate surface area is 104 Å². The zero-order valence-electron chi connectivity index (χ0n) is 9.76. The van der Waals surface area contributed by atoms with E-state index >= 15 is 0 Å². The van der Waals surface area contributed by atoms with E-state index in [0.29, 0.717) is 29.7 Å². The lowest BCUT2D eigenvalue weighted by Gasteiger charge is -2.18. The second-order valence-corrected chi connectivity index (χ2v) is 4.44. The van der Waals surface area contributed by atoms with E-state index < -0.39 is 5.92 Å². The quantitative estimate of drug-likeness (QED) is 0.599. The summed E-state index contributed by atoms with van der Waals surface area (Å²) >= 11 is 0. The first-order valence-corrected chi connectivity index (χ1v) is 5.97.